The molecule has 0 amide bonds. The van der Waals surface area contributed by atoms with Crippen LogP contribution in [-0.2, 0) is 4.79 Å². The van der Waals surface area contributed by atoms with Crippen LogP contribution in [0.1, 0.15) is 40.5 Å². The maximum Gasteiger partial charge on any atom is 0.152 e. The third-order valence-electron chi connectivity index (χ3n) is 3.18. The first-order valence-electron chi connectivity index (χ1n) is 5.42. The van der Waals surface area contributed by atoms with Gasteiger partial charge in [-0.05, 0) is 49.3 Å². The maximum atomic E-state index is 10.9. The lowest BCUT2D eigenvalue weighted by atomic mass is 9.71. The topological polar surface area (TPSA) is 37.3 Å². The predicted molar refractivity (Wildman–Crippen MR) is 61.5 cm³/mol. The Morgan fingerprint density at radius 3 is 2.67 bits per heavy atom. The molecule has 1 aliphatic carbocycles. The highest BCUT2D eigenvalue weighted by atomic mass is 16.3. The standard InChI is InChI=1S/C13H20O2/c1-9(14)5-6-11-10(2)12(15)7-8-13(11,3)4/h5-6,12,15H,7-8H2,1-4H3/b6-5+/t12-/m0/s1. The molecule has 0 aliphatic heterocycles. The van der Waals surface area contributed by atoms with Crippen LogP contribution in [0.5, 0.6) is 0 Å². The van der Waals surface area contributed by atoms with E-state index in [1.807, 2.05) is 13.0 Å². The Morgan fingerprint density at radius 2 is 2.13 bits per heavy atom. The van der Waals surface area contributed by atoms with Crippen molar-refractivity contribution >= 4 is 5.78 Å². The van der Waals surface area contributed by atoms with Crippen molar-refractivity contribution in [3.63, 3.8) is 0 Å². The summed E-state index contributed by atoms with van der Waals surface area (Å²) in [7, 11) is 0. The van der Waals surface area contributed by atoms with Gasteiger partial charge in [-0.2, -0.15) is 0 Å². The van der Waals surface area contributed by atoms with Gasteiger partial charge in [-0.3, -0.25) is 4.79 Å². The van der Waals surface area contributed by atoms with Gasteiger partial charge in [0.1, 0.15) is 0 Å². The van der Waals surface area contributed by atoms with E-state index in [-0.39, 0.29) is 17.3 Å². The van der Waals surface area contributed by atoms with Gasteiger partial charge in [-0.25, -0.2) is 0 Å². The summed E-state index contributed by atoms with van der Waals surface area (Å²) >= 11 is 0. The summed E-state index contributed by atoms with van der Waals surface area (Å²) in [6, 6.07) is 0. The molecule has 0 aromatic carbocycles. The van der Waals surface area contributed by atoms with E-state index in [4.69, 9.17) is 0 Å². The smallest absolute Gasteiger partial charge is 0.152 e. The highest BCUT2D eigenvalue weighted by molar-refractivity contribution is 5.87. The number of allylic oxidation sites excluding steroid dienone is 3. The molecule has 1 aliphatic rings. The number of carbonyl (C=O) groups is 1. The third-order valence-corrected chi connectivity index (χ3v) is 3.18. The third kappa shape index (κ3) is 2.78. The largest absolute Gasteiger partial charge is 0.389 e. The minimum absolute atomic E-state index is 0.0474. The summed E-state index contributed by atoms with van der Waals surface area (Å²) in [6.07, 6.45) is 4.88. The lowest BCUT2D eigenvalue weighted by molar-refractivity contribution is -0.112. The summed E-state index contributed by atoms with van der Waals surface area (Å²) in [5.41, 5.74) is 2.18. The Balaban J connectivity index is 3.07. The number of aliphatic hydroxyl groups excluding tert-OH is 1. The van der Waals surface area contributed by atoms with Crippen LogP contribution in [0, 0.1) is 5.41 Å². The Kier molecular flexibility index (Phi) is 3.50. The van der Waals surface area contributed by atoms with E-state index in [2.05, 4.69) is 13.8 Å². The average molecular weight is 208 g/mol. The van der Waals surface area contributed by atoms with Crippen LogP contribution in [0.3, 0.4) is 0 Å². The van der Waals surface area contributed by atoms with Crippen molar-refractivity contribution in [1.82, 2.24) is 0 Å². The number of aliphatic hydroxyl groups is 1. The Bertz CT molecular complexity index is 321. The fourth-order valence-electron chi connectivity index (χ4n) is 2.12. The molecule has 2 nitrogen and oxygen atoms in total. The van der Waals surface area contributed by atoms with Crippen LogP contribution < -0.4 is 0 Å². The van der Waals surface area contributed by atoms with E-state index >= 15 is 0 Å². The van der Waals surface area contributed by atoms with Crippen LogP contribution in [0.25, 0.3) is 0 Å². The van der Waals surface area contributed by atoms with Gasteiger partial charge >= 0.3 is 0 Å². The molecule has 0 aromatic rings. The number of ketones is 1. The fourth-order valence-corrected chi connectivity index (χ4v) is 2.12. The molecule has 84 valence electrons. The molecule has 1 rings (SSSR count). The first-order valence-corrected chi connectivity index (χ1v) is 5.42. The van der Waals surface area contributed by atoms with Gasteiger partial charge in [0, 0.05) is 0 Å². The zero-order valence-electron chi connectivity index (χ0n) is 10.0. The highest BCUT2D eigenvalue weighted by Crippen LogP contribution is 2.40. The quantitative estimate of drug-likeness (QED) is 0.708. The zero-order valence-corrected chi connectivity index (χ0v) is 10.0. The van der Waals surface area contributed by atoms with Crippen molar-refractivity contribution in [1.29, 1.82) is 0 Å². The first-order chi connectivity index (χ1) is 6.84. The monoisotopic (exact) mass is 208 g/mol. The van der Waals surface area contributed by atoms with Gasteiger partial charge in [-0.1, -0.05) is 19.9 Å². The summed E-state index contributed by atoms with van der Waals surface area (Å²) in [4.78, 5) is 10.9. The van der Waals surface area contributed by atoms with E-state index in [1.165, 1.54) is 0 Å². The highest BCUT2D eigenvalue weighted by Gasteiger charge is 2.30. The van der Waals surface area contributed by atoms with Crippen molar-refractivity contribution in [2.24, 2.45) is 5.41 Å². The molecule has 0 bridgehead atoms. The van der Waals surface area contributed by atoms with E-state index in [0.29, 0.717) is 0 Å². The molecule has 2 heteroatoms. The van der Waals surface area contributed by atoms with Crippen LogP contribution in [-0.4, -0.2) is 17.0 Å². The van der Waals surface area contributed by atoms with Crippen molar-refractivity contribution in [2.75, 3.05) is 0 Å². The molecule has 0 spiro atoms. The zero-order chi connectivity index (χ0) is 11.6. The molecule has 1 atom stereocenters. The predicted octanol–water partition coefficient (Wildman–Crippen LogP) is 2.63. The van der Waals surface area contributed by atoms with Crippen molar-refractivity contribution in [3.05, 3.63) is 23.3 Å². The second-order valence-corrected chi connectivity index (χ2v) is 4.98. The minimum Gasteiger partial charge on any atom is -0.389 e. The van der Waals surface area contributed by atoms with Crippen LogP contribution in [0.15, 0.2) is 23.3 Å². The number of rotatable bonds is 2. The number of hydrogen-bond donors (Lipinski definition) is 1. The second-order valence-electron chi connectivity index (χ2n) is 4.98. The van der Waals surface area contributed by atoms with Crippen LogP contribution in [0.4, 0.5) is 0 Å². The normalized spacial score (nSPS) is 26.1. The first kappa shape index (κ1) is 12.2. The Labute approximate surface area is 91.7 Å². The molecule has 0 heterocycles. The van der Waals surface area contributed by atoms with Gasteiger partial charge in [0.2, 0.25) is 0 Å². The van der Waals surface area contributed by atoms with Gasteiger partial charge in [0.05, 0.1) is 6.10 Å². The minimum atomic E-state index is -0.343. The molecule has 0 saturated heterocycles. The fraction of sp³-hybridized carbons (Fsp3) is 0.615. The molecule has 0 fully saturated rings. The van der Waals surface area contributed by atoms with E-state index in [1.54, 1.807) is 13.0 Å². The molecule has 0 radical (unpaired) electrons. The lowest BCUT2D eigenvalue weighted by Gasteiger charge is -2.35. The second kappa shape index (κ2) is 4.31. The van der Waals surface area contributed by atoms with Crippen molar-refractivity contribution in [2.45, 2.75) is 46.6 Å². The lowest BCUT2D eigenvalue weighted by Crippen LogP contribution is -2.27. The summed E-state index contributed by atoms with van der Waals surface area (Å²) in [6.45, 7) is 7.80. The number of carbonyl (C=O) groups excluding carboxylic acids is 1. The van der Waals surface area contributed by atoms with Crippen LogP contribution in [0.2, 0.25) is 0 Å². The summed E-state index contributed by atoms with van der Waals surface area (Å²) in [5, 5.41) is 9.77. The summed E-state index contributed by atoms with van der Waals surface area (Å²) in [5.74, 6) is 0.0474. The maximum absolute atomic E-state index is 10.9. The van der Waals surface area contributed by atoms with Crippen molar-refractivity contribution in [3.8, 4) is 0 Å². The van der Waals surface area contributed by atoms with Gasteiger partial charge in [0.25, 0.3) is 0 Å². The Morgan fingerprint density at radius 1 is 1.53 bits per heavy atom. The van der Waals surface area contributed by atoms with Gasteiger partial charge in [-0.15, -0.1) is 0 Å². The van der Waals surface area contributed by atoms with E-state index in [9.17, 15) is 9.90 Å². The molecule has 15 heavy (non-hydrogen) atoms. The molecule has 0 unspecified atom stereocenters. The Hall–Kier alpha value is -0.890. The average Bonchev–Trinajstić information content (AvgIpc) is 2.11. The van der Waals surface area contributed by atoms with E-state index in [0.717, 1.165) is 24.0 Å². The molecular weight excluding hydrogens is 188 g/mol. The number of hydrogen-bond acceptors (Lipinski definition) is 2. The molecule has 0 saturated carbocycles. The SMILES string of the molecule is CC(=O)/C=C/C1=C(C)[C@@H](O)CCC1(C)C. The van der Waals surface area contributed by atoms with Gasteiger partial charge < -0.3 is 5.11 Å². The molecule has 0 aromatic heterocycles. The van der Waals surface area contributed by atoms with E-state index < -0.39 is 0 Å². The molecule has 1 N–H and O–H groups in total. The molecular formula is C13H20O2. The summed E-state index contributed by atoms with van der Waals surface area (Å²) < 4.78 is 0. The van der Waals surface area contributed by atoms with Crippen molar-refractivity contribution < 1.29 is 9.90 Å². The van der Waals surface area contributed by atoms with Crippen LogP contribution >= 0.6 is 0 Å². The van der Waals surface area contributed by atoms with Gasteiger partial charge in [0.15, 0.2) is 5.78 Å².